The lowest BCUT2D eigenvalue weighted by atomic mass is 10.2. The highest BCUT2D eigenvalue weighted by Crippen LogP contribution is 2.20. The van der Waals surface area contributed by atoms with Crippen molar-refractivity contribution in [3.05, 3.63) is 83.1 Å². The fraction of sp³-hybridized carbons (Fsp3) is 0.182. The third kappa shape index (κ3) is 5.38. The number of ether oxygens (including phenoxy) is 2. The van der Waals surface area contributed by atoms with Crippen LogP contribution in [0.1, 0.15) is 39.0 Å². The average Bonchev–Trinajstić information content (AvgIpc) is 2.74. The maximum absolute atomic E-state index is 13.0. The molecule has 0 spiro atoms. The van der Waals surface area contributed by atoms with Gasteiger partial charge in [-0.1, -0.05) is 0 Å². The van der Waals surface area contributed by atoms with Crippen molar-refractivity contribution < 1.29 is 23.5 Å². The minimum absolute atomic E-state index is 0.192. The SMILES string of the molecule is CCOC(=O)c1ccc(C(=O)NCc2ccnc(Oc3ccc(F)cc3)c2)nc1C. The predicted molar refractivity (Wildman–Crippen MR) is 107 cm³/mol. The van der Waals surface area contributed by atoms with Gasteiger partial charge in [0.25, 0.3) is 5.91 Å². The smallest absolute Gasteiger partial charge is 0.339 e. The van der Waals surface area contributed by atoms with E-state index in [4.69, 9.17) is 9.47 Å². The third-order valence-corrected chi connectivity index (χ3v) is 4.10. The highest BCUT2D eigenvalue weighted by atomic mass is 19.1. The van der Waals surface area contributed by atoms with Crippen molar-refractivity contribution in [2.24, 2.45) is 0 Å². The van der Waals surface area contributed by atoms with Crippen LogP contribution >= 0.6 is 0 Å². The highest BCUT2D eigenvalue weighted by Gasteiger charge is 2.14. The number of aromatic nitrogens is 2. The number of carbonyl (C=O) groups is 2. The quantitative estimate of drug-likeness (QED) is 0.597. The second-order valence-corrected chi connectivity index (χ2v) is 6.29. The molecule has 2 aromatic heterocycles. The molecule has 7 nitrogen and oxygen atoms in total. The summed E-state index contributed by atoms with van der Waals surface area (Å²) in [7, 11) is 0. The molecule has 0 aliphatic rings. The van der Waals surface area contributed by atoms with Gasteiger partial charge in [-0.15, -0.1) is 0 Å². The van der Waals surface area contributed by atoms with Crippen LogP contribution in [0.4, 0.5) is 4.39 Å². The number of rotatable bonds is 7. The number of carbonyl (C=O) groups excluding carboxylic acids is 2. The van der Waals surface area contributed by atoms with Gasteiger partial charge >= 0.3 is 5.97 Å². The average molecular weight is 409 g/mol. The van der Waals surface area contributed by atoms with Crippen molar-refractivity contribution in [1.29, 1.82) is 0 Å². The Labute approximate surface area is 172 Å². The van der Waals surface area contributed by atoms with E-state index in [9.17, 15) is 14.0 Å². The molecule has 0 fully saturated rings. The van der Waals surface area contributed by atoms with Gasteiger partial charge in [-0.05, 0) is 61.9 Å². The molecule has 0 aliphatic heterocycles. The first kappa shape index (κ1) is 20.9. The molecule has 0 radical (unpaired) electrons. The summed E-state index contributed by atoms with van der Waals surface area (Å²) in [6.07, 6.45) is 1.55. The highest BCUT2D eigenvalue weighted by molar-refractivity contribution is 5.95. The molecular weight excluding hydrogens is 389 g/mol. The molecule has 0 saturated heterocycles. The Morgan fingerprint density at radius 1 is 1.10 bits per heavy atom. The van der Waals surface area contributed by atoms with E-state index >= 15 is 0 Å². The van der Waals surface area contributed by atoms with Gasteiger partial charge in [-0.2, -0.15) is 0 Å². The standard InChI is InChI=1S/C22H20FN3O4/c1-3-29-22(28)18-8-9-19(26-14(18)2)21(27)25-13-15-10-11-24-20(12-15)30-17-6-4-16(23)5-7-17/h4-12H,3,13H2,1-2H3,(H,25,27). The van der Waals surface area contributed by atoms with Gasteiger partial charge in [0.1, 0.15) is 17.3 Å². The number of hydrogen-bond acceptors (Lipinski definition) is 6. The normalized spacial score (nSPS) is 10.4. The summed E-state index contributed by atoms with van der Waals surface area (Å²) >= 11 is 0. The summed E-state index contributed by atoms with van der Waals surface area (Å²) < 4.78 is 23.5. The van der Waals surface area contributed by atoms with Crippen LogP contribution in [0.2, 0.25) is 0 Å². The first-order valence-electron chi connectivity index (χ1n) is 9.27. The molecule has 2 heterocycles. The van der Waals surface area contributed by atoms with Gasteiger partial charge in [0.2, 0.25) is 5.88 Å². The summed E-state index contributed by atoms with van der Waals surface area (Å²) in [6.45, 7) is 3.85. The van der Waals surface area contributed by atoms with Crippen molar-refractivity contribution in [3.63, 3.8) is 0 Å². The van der Waals surface area contributed by atoms with Crippen LogP contribution in [0.25, 0.3) is 0 Å². The van der Waals surface area contributed by atoms with Gasteiger partial charge in [0.15, 0.2) is 0 Å². The van der Waals surface area contributed by atoms with E-state index in [1.807, 2.05) is 0 Å². The van der Waals surface area contributed by atoms with Crippen LogP contribution in [-0.4, -0.2) is 28.5 Å². The number of nitrogens with zero attached hydrogens (tertiary/aromatic N) is 2. The van der Waals surface area contributed by atoms with Gasteiger partial charge in [-0.25, -0.2) is 19.2 Å². The van der Waals surface area contributed by atoms with E-state index < -0.39 is 5.97 Å². The Balaban J connectivity index is 1.62. The van der Waals surface area contributed by atoms with Crippen molar-refractivity contribution in [2.75, 3.05) is 6.61 Å². The van der Waals surface area contributed by atoms with E-state index in [0.29, 0.717) is 22.9 Å². The van der Waals surface area contributed by atoms with E-state index in [-0.39, 0.29) is 30.6 Å². The number of hydrogen-bond donors (Lipinski definition) is 1. The molecule has 1 aromatic carbocycles. The molecule has 3 rings (SSSR count). The fourth-order valence-electron chi connectivity index (χ4n) is 2.62. The molecule has 0 bridgehead atoms. The van der Waals surface area contributed by atoms with Crippen LogP contribution in [0.5, 0.6) is 11.6 Å². The van der Waals surface area contributed by atoms with Gasteiger partial charge in [-0.3, -0.25) is 4.79 Å². The number of benzene rings is 1. The molecule has 0 unspecified atom stereocenters. The number of pyridine rings is 2. The van der Waals surface area contributed by atoms with Gasteiger partial charge < -0.3 is 14.8 Å². The lowest BCUT2D eigenvalue weighted by molar-refractivity contribution is 0.0524. The van der Waals surface area contributed by atoms with Crippen LogP contribution in [0.3, 0.4) is 0 Å². The second kappa shape index (κ2) is 9.60. The first-order chi connectivity index (χ1) is 14.5. The van der Waals surface area contributed by atoms with Crippen molar-refractivity contribution in [2.45, 2.75) is 20.4 Å². The van der Waals surface area contributed by atoms with E-state index in [2.05, 4.69) is 15.3 Å². The Bertz CT molecular complexity index is 1050. The zero-order valence-electron chi connectivity index (χ0n) is 16.5. The van der Waals surface area contributed by atoms with Gasteiger partial charge in [0, 0.05) is 18.8 Å². The molecule has 1 N–H and O–H groups in total. The Morgan fingerprint density at radius 2 is 1.87 bits per heavy atom. The zero-order chi connectivity index (χ0) is 21.5. The lowest BCUT2D eigenvalue weighted by Crippen LogP contribution is -2.24. The minimum Gasteiger partial charge on any atom is -0.462 e. The summed E-state index contributed by atoms with van der Waals surface area (Å²) in [6, 6.07) is 12.0. The molecule has 8 heteroatoms. The number of amides is 1. The van der Waals surface area contributed by atoms with Crippen LogP contribution in [0, 0.1) is 12.7 Å². The third-order valence-electron chi connectivity index (χ3n) is 4.10. The summed E-state index contributed by atoms with van der Waals surface area (Å²) in [5.41, 5.74) is 1.69. The second-order valence-electron chi connectivity index (χ2n) is 6.29. The molecule has 154 valence electrons. The summed E-state index contributed by atoms with van der Waals surface area (Å²) in [5, 5.41) is 2.76. The van der Waals surface area contributed by atoms with Gasteiger partial charge in [0.05, 0.1) is 17.9 Å². The monoisotopic (exact) mass is 409 g/mol. The lowest BCUT2D eigenvalue weighted by Gasteiger charge is -2.09. The minimum atomic E-state index is -0.472. The summed E-state index contributed by atoms with van der Waals surface area (Å²) in [4.78, 5) is 32.5. The maximum Gasteiger partial charge on any atom is 0.339 e. The predicted octanol–water partition coefficient (Wildman–Crippen LogP) is 3.82. The Morgan fingerprint density at radius 3 is 2.57 bits per heavy atom. The number of esters is 1. The Kier molecular flexibility index (Phi) is 6.69. The van der Waals surface area contributed by atoms with Crippen molar-refractivity contribution in [3.8, 4) is 11.6 Å². The van der Waals surface area contributed by atoms with Crippen molar-refractivity contribution >= 4 is 11.9 Å². The molecule has 0 aliphatic carbocycles. The Hall–Kier alpha value is -3.81. The molecule has 30 heavy (non-hydrogen) atoms. The summed E-state index contributed by atoms with van der Waals surface area (Å²) in [5.74, 6) is -0.440. The van der Waals surface area contributed by atoms with E-state index in [1.54, 1.807) is 32.2 Å². The van der Waals surface area contributed by atoms with E-state index in [0.717, 1.165) is 5.56 Å². The number of halogens is 1. The number of nitrogens with one attached hydrogen (secondary N) is 1. The van der Waals surface area contributed by atoms with Crippen LogP contribution in [0.15, 0.2) is 54.7 Å². The molecule has 3 aromatic rings. The molecule has 0 saturated carbocycles. The number of aryl methyl sites for hydroxylation is 1. The van der Waals surface area contributed by atoms with E-state index in [1.165, 1.54) is 36.4 Å². The molecule has 1 amide bonds. The van der Waals surface area contributed by atoms with Crippen molar-refractivity contribution in [1.82, 2.24) is 15.3 Å². The topological polar surface area (TPSA) is 90.4 Å². The van der Waals surface area contributed by atoms with Crippen LogP contribution < -0.4 is 10.1 Å². The first-order valence-corrected chi connectivity index (χ1v) is 9.27. The molecule has 0 atom stereocenters. The fourth-order valence-corrected chi connectivity index (χ4v) is 2.62. The zero-order valence-corrected chi connectivity index (χ0v) is 16.5. The van der Waals surface area contributed by atoms with Crippen LogP contribution in [-0.2, 0) is 11.3 Å². The largest absolute Gasteiger partial charge is 0.462 e. The maximum atomic E-state index is 13.0. The molecular formula is C22H20FN3O4.